The van der Waals surface area contributed by atoms with Gasteiger partial charge in [0.05, 0.1) is 25.4 Å². The van der Waals surface area contributed by atoms with Crippen molar-refractivity contribution in [3.8, 4) is 5.69 Å². The van der Waals surface area contributed by atoms with E-state index in [0.29, 0.717) is 18.7 Å². The molecule has 0 amide bonds. The van der Waals surface area contributed by atoms with Crippen molar-refractivity contribution >= 4 is 5.97 Å². The quantitative estimate of drug-likeness (QED) is 0.631. The summed E-state index contributed by atoms with van der Waals surface area (Å²) in [4.78, 5) is 23.8. The number of esters is 1. The summed E-state index contributed by atoms with van der Waals surface area (Å²) in [6, 6.07) is 9.05. The molecule has 0 saturated heterocycles. The van der Waals surface area contributed by atoms with Crippen LogP contribution in [0.3, 0.4) is 0 Å². The molecule has 0 unspecified atom stereocenters. The van der Waals surface area contributed by atoms with Crippen LogP contribution in [0.1, 0.15) is 23.7 Å². The third-order valence-corrected chi connectivity index (χ3v) is 3.85. The molecule has 26 heavy (non-hydrogen) atoms. The molecule has 7 heteroatoms. The second-order valence-corrected chi connectivity index (χ2v) is 5.92. The van der Waals surface area contributed by atoms with Crippen molar-refractivity contribution in [1.82, 2.24) is 19.6 Å². The van der Waals surface area contributed by atoms with Crippen molar-refractivity contribution in [2.75, 3.05) is 6.61 Å². The largest absolute Gasteiger partial charge is 0.466 e. The lowest BCUT2D eigenvalue weighted by atomic mass is 10.0. The number of aryl methyl sites for hydroxylation is 1. The van der Waals surface area contributed by atoms with E-state index in [1.54, 1.807) is 28.7 Å². The van der Waals surface area contributed by atoms with Crippen LogP contribution in [0.2, 0.25) is 0 Å². The summed E-state index contributed by atoms with van der Waals surface area (Å²) in [6.45, 7) is 2.14. The highest BCUT2D eigenvalue weighted by molar-refractivity contribution is 5.72. The average molecular weight is 352 g/mol. The molecule has 0 aliphatic heterocycles. The first-order valence-corrected chi connectivity index (χ1v) is 8.36. The zero-order valence-electron chi connectivity index (χ0n) is 14.8. The topological polar surface area (TPSA) is 79.0 Å². The van der Waals surface area contributed by atoms with Crippen LogP contribution < -0.4 is 5.43 Å². The fourth-order valence-electron chi connectivity index (χ4n) is 2.66. The van der Waals surface area contributed by atoms with Crippen LogP contribution in [-0.4, -0.2) is 32.1 Å². The molecule has 2 aromatic heterocycles. The lowest BCUT2D eigenvalue weighted by Gasteiger charge is -2.07. The first kappa shape index (κ1) is 17.6. The predicted octanol–water partition coefficient (Wildman–Crippen LogP) is 1.66. The van der Waals surface area contributed by atoms with E-state index >= 15 is 0 Å². The maximum atomic E-state index is 12.2. The van der Waals surface area contributed by atoms with Crippen LogP contribution in [0, 0.1) is 0 Å². The van der Waals surface area contributed by atoms with Crippen molar-refractivity contribution in [2.45, 2.75) is 19.8 Å². The maximum absolute atomic E-state index is 12.2. The van der Waals surface area contributed by atoms with E-state index in [2.05, 4.69) is 10.2 Å². The van der Waals surface area contributed by atoms with Crippen LogP contribution in [0.15, 0.2) is 53.7 Å². The summed E-state index contributed by atoms with van der Waals surface area (Å²) in [6.07, 6.45) is 5.73. The molecule has 134 valence electrons. The Hall–Kier alpha value is -3.22. The van der Waals surface area contributed by atoms with E-state index in [1.165, 1.54) is 6.07 Å². The molecule has 0 spiro atoms. The number of hydrogen-bond acceptors (Lipinski definition) is 5. The highest BCUT2D eigenvalue weighted by Gasteiger charge is 2.09. The van der Waals surface area contributed by atoms with Gasteiger partial charge in [0, 0.05) is 25.7 Å². The van der Waals surface area contributed by atoms with Gasteiger partial charge in [-0.05, 0) is 18.1 Å². The van der Waals surface area contributed by atoms with E-state index in [4.69, 9.17) is 4.74 Å². The van der Waals surface area contributed by atoms with Crippen LogP contribution in [0.4, 0.5) is 0 Å². The van der Waals surface area contributed by atoms with Gasteiger partial charge in [-0.2, -0.15) is 10.2 Å². The van der Waals surface area contributed by atoms with Crippen molar-refractivity contribution in [3.05, 3.63) is 76.0 Å². The standard InChI is InChI=1S/C19H20N4O3/c1-3-26-19(25)11-15-6-4-5-14(9-15)10-17-18(24)7-8-23(21-17)16-12-20-22(2)13-16/h4-9,12-13H,3,10-11H2,1-2H3. The number of nitrogens with zero attached hydrogens (tertiary/aromatic N) is 4. The number of rotatable bonds is 6. The van der Waals surface area contributed by atoms with Gasteiger partial charge in [0.25, 0.3) is 0 Å². The van der Waals surface area contributed by atoms with Crippen LogP contribution in [0.5, 0.6) is 0 Å². The highest BCUT2D eigenvalue weighted by Crippen LogP contribution is 2.11. The SMILES string of the molecule is CCOC(=O)Cc1cccc(Cc2nn(-c3cnn(C)c3)ccc2=O)c1. The number of carbonyl (C=O) groups is 1. The summed E-state index contributed by atoms with van der Waals surface area (Å²) in [5, 5.41) is 8.55. The van der Waals surface area contributed by atoms with E-state index in [1.807, 2.05) is 37.5 Å². The highest BCUT2D eigenvalue weighted by atomic mass is 16.5. The summed E-state index contributed by atoms with van der Waals surface area (Å²) < 4.78 is 8.28. The first-order valence-electron chi connectivity index (χ1n) is 8.36. The van der Waals surface area contributed by atoms with Gasteiger partial charge in [0.2, 0.25) is 5.43 Å². The Bertz CT molecular complexity index is 975. The molecule has 3 aromatic rings. The van der Waals surface area contributed by atoms with Crippen molar-refractivity contribution in [3.63, 3.8) is 0 Å². The third-order valence-electron chi connectivity index (χ3n) is 3.85. The van der Waals surface area contributed by atoms with Crippen LogP contribution in [-0.2, 0) is 29.4 Å². The van der Waals surface area contributed by atoms with E-state index < -0.39 is 0 Å². The molecule has 2 heterocycles. The lowest BCUT2D eigenvalue weighted by molar-refractivity contribution is -0.142. The Balaban J connectivity index is 1.82. The van der Waals surface area contributed by atoms with Crippen LogP contribution >= 0.6 is 0 Å². The zero-order valence-corrected chi connectivity index (χ0v) is 14.8. The molecular formula is C19H20N4O3. The number of hydrogen-bond donors (Lipinski definition) is 0. The first-order chi connectivity index (χ1) is 12.5. The lowest BCUT2D eigenvalue weighted by Crippen LogP contribution is -2.16. The van der Waals surface area contributed by atoms with Gasteiger partial charge in [-0.1, -0.05) is 24.3 Å². The second kappa shape index (κ2) is 7.77. The number of carbonyl (C=O) groups excluding carboxylic acids is 1. The van der Waals surface area contributed by atoms with Crippen molar-refractivity contribution in [2.24, 2.45) is 7.05 Å². The van der Waals surface area contributed by atoms with Gasteiger partial charge >= 0.3 is 5.97 Å². The van der Waals surface area contributed by atoms with Crippen molar-refractivity contribution in [1.29, 1.82) is 0 Å². The molecule has 0 bridgehead atoms. The van der Waals surface area contributed by atoms with Crippen molar-refractivity contribution < 1.29 is 9.53 Å². The smallest absolute Gasteiger partial charge is 0.310 e. The van der Waals surface area contributed by atoms with Gasteiger partial charge in [0.1, 0.15) is 11.4 Å². The minimum Gasteiger partial charge on any atom is -0.466 e. The van der Waals surface area contributed by atoms with E-state index in [9.17, 15) is 9.59 Å². The fourth-order valence-corrected chi connectivity index (χ4v) is 2.66. The summed E-state index contributed by atoms with van der Waals surface area (Å²) in [5.41, 5.74) is 2.86. The average Bonchev–Trinajstić information content (AvgIpc) is 3.04. The summed E-state index contributed by atoms with van der Waals surface area (Å²) >= 11 is 0. The molecule has 7 nitrogen and oxygen atoms in total. The van der Waals surface area contributed by atoms with Crippen LogP contribution in [0.25, 0.3) is 5.69 Å². The Labute approximate surface area is 150 Å². The molecule has 0 fully saturated rings. The fraction of sp³-hybridized carbons (Fsp3) is 0.263. The molecular weight excluding hydrogens is 332 g/mol. The second-order valence-electron chi connectivity index (χ2n) is 5.92. The van der Waals surface area contributed by atoms with E-state index in [0.717, 1.165) is 16.8 Å². The van der Waals surface area contributed by atoms with Gasteiger partial charge in [0.15, 0.2) is 0 Å². The normalized spacial score (nSPS) is 10.7. The Morgan fingerprint density at radius 3 is 2.77 bits per heavy atom. The minimum atomic E-state index is -0.263. The number of aromatic nitrogens is 4. The Morgan fingerprint density at radius 2 is 2.04 bits per heavy atom. The minimum absolute atomic E-state index is 0.124. The molecule has 0 saturated carbocycles. The predicted molar refractivity (Wildman–Crippen MR) is 96.2 cm³/mol. The molecule has 0 atom stereocenters. The Morgan fingerprint density at radius 1 is 1.23 bits per heavy atom. The van der Waals surface area contributed by atoms with Gasteiger partial charge < -0.3 is 4.74 Å². The van der Waals surface area contributed by atoms with E-state index in [-0.39, 0.29) is 17.8 Å². The van der Waals surface area contributed by atoms with Gasteiger partial charge in [-0.25, -0.2) is 4.68 Å². The molecule has 0 N–H and O–H groups in total. The van der Waals surface area contributed by atoms with Gasteiger partial charge in [-0.3, -0.25) is 14.3 Å². The Kier molecular flexibility index (Phi) is 5.26. The molecule has 0 radical (unpaired) electrons. The zero-order chi connectivity index (χ0) is 18.5. The number of benzene rings is 1. The molecule has 1 aromatic carbocycles. The molecule has 3 rings (SSSR count). The van der Waals surface area contributed by atoms with Gasteiger partial charge in [-0.15, -0.1) is 0 Å². The molecule has 0 aliphatic carbocycles. The molecule has 0 aliphatic rings. The maximum Gasteiger partial charge on any atom is 0.310 e. The monoisotopic (exact) mass is 352 g/mol. The summed E-state index contributed by atoms with van der Waals surface area (Å²) in [5.74, 6) is -0.263. The number of ether oxygens (including phenoxy) is 1. The summed E-state index contributed by atoms with van der Waals surface area (Å²) in [7, 11) is 1.82. The third kappa shape index (κ3) is 4.24.